The highest BCUT2D eigenvalue weighted by Crippen LogP contribution is 2.35. The van der Waals surface area contributed by atoms with E-state index in [1.807, 2.05) is 17.0 Å². The van der Waals surface area contributed by atoms with Crippen LogP contribution in [0.5, 0.6) is 5.88 Å². The fourth-order valence-electron chi connectivity index (χ4n) is 3.03. The zero-order valence-electron chi connectivity index (χ0n) is 14.0. The van der Waals surface area contributed by atoms with Gasteiger partial charge in [-0.15, -0.1) is 0 Å². The van der Waals surface area contributed by atoms with E-state index < -0.39 is 4.92 Å². The Bertz CT molecular complexity index is 754. The smallest absolute Gasteiger partial charge is 0.372 e. The number of benzene rings is 1. The van der Waals surface area contributed by atoms with Crippen molar-refractivity contribution in [2.75, 3.05) is 31.2 Å². The van der Waals surface area contributed by atoms with Crippen LogP contribution < -0.4 is 9.64 Å². The molecule has 0 radical (unpaired) electrons. The molecule has 0 aliphatic carbocycles. The van der Waals surface area contributed by atoms with Gasteiger partial charge in [-0.2, -0.15) is 4.98 Å². The van der Waals surface area contributed by atoms with Gasteiger partial charge in [0.1, 0.15) is 12.4 Å². The van der Waals surface area contributed by atoms with E-state index in [0.29, 0.717) is 18.9 Å². The summed E-state index contributed by atoms with van der Waals surface area (Å²) in [6, 6.07) is 8.20. The van der Waals surface area contributed by atoms with E-state index in [1.165, 1.54) is 11.1 Å². The zero-order chi connectivity index (χ0) is 17.8. The molecule has 0 saturated heterocycles. The molecule has 25 heavy (non-hydrogen) atoms. The topological polar surface area (TPSA) is 102 Å². The summed E-state index contributed by atoms with van der Waals surface area (Å²) in [7, 11) is 0. The molecule has 8 nitrogen and oxygen atoms in total. The van der Waals surface area contributed by atoms with Crippen LogP contribution in [0, 0.1) is 17.0 Å². The fourth-order valence-corrected chi connectivity index (χ4v) is 3.03. The van der Waals surface area contributed by atoms with Crippen LogP contribution in [0.15, 0.2) is 24.3 Å². The van der Waals surface area contributed by atoms with Gasteiger partial charge in [-0.3, -0.25) is 10.1 Å². The molecule has 1 aliphatic heterocycles. The lowest BCUT2D eigenvalue weighted by atomic mass is 10.0. The third-order valence-corrected chi connectivity index (χ3v) is 4.18. The van der Waals surface area contributed by atoms with Crippen LogP contribution in [-0.4, -0.2) is 46.3 Å². The first-order chi connectivity index (χ1) is 12.1. The van der Waals surface area contributed by atoms with Gasteiger partial charge in [0.15, 0.2) is 0 Å². The third-order valence-electron chi connectivity index (χ3n) is 4.18. The van der Waals surface area contributed by atoms with Gasteiger partial charge < -0.3 is 14.7 Å². The molecule has 3 rings (SSSR count). The summed E-state index contributed by atoms with van der Waals surface area (Å²) in [5, 5.41) is 20.6. The number of ether oxygens (including phenoxy) is 1. The predicted octanol–water partition coefficient (Wildman–Crippen LogP) is 1.67. The summed E-state index contributed by atoms with van der Waals surface area (Å²) in [5.41, 5.74) is 2.27. The van der Waals surface area contributed by atoms with Gasteiger partial charge >= 0.3 is 5.69 Å². The van der Waals surface area contributed by atoms with Crippen LogP contribution in [0.4, 0.5) is 11.5 Å². The SMILES string of the molecule is Cc1nc(OCCO)c([N+](=O)[O-])c(N2CCc3ccccc3CC2)n1. The summed E-state index contributed by atoms with van der Waals surface area (Å²) < 4.78 is 5.28. The predicted molar refractivity (Wildman–Crippen MR) is 92.1 cm³/mol. The van der Waals surface area contributed by atoms with E-state index in [-0.39, 0.29) is 30.6 Å². The molecular formula is C17H20N4O4. The summed E-state index contributed by atoms with van der Waals surface area (Å²) in [6.45, 7) is 2.64. The molecule has 0 saturated carbocycles. The molecule has 1 aromatic carbocycles. The summed E-state index contributed by atoms with van der Waals surface area (Å²) in [4.78, 5) is 21.4. The van der Waals surface area contributed by atoms with E-state index in [9.17, 15) is 10.1 Å². The molecule has 0 amide bonds. The molecule has 2 heterocycles. The second-order valence-electron chi connectivity index (χ2n) is 5.83. The van der Waals surface area contributed by atoms with Crippen molar-refractivity contribution in [1.29, 1.82) is 0 Å². The number of rotatable bonds is 5. The summed E-state index contributed by atoms with van der Waals surface area (Å²) in [5.74, 6) is 0.580. The second kappa shape index (κ2) is 7.43. The van der Waals surface area contributed by atoms with Crippen molar-refractivity contribution >= 4 is 11.5 Å². The number of anilines is 1. The number of aliphatic hydroxyl groups is 1. The Morgan fingerprint density at radius 3 is 2.44 bits per heavy atom. The van der Waals surface area contributed by atoms with Gasteiger partial charge in [-0.05, 0) is 30.9 Å². The second-order valence-corrected chi connectivity index (χ2v) is 5.83. The maximum atomic E-state index is 11.6. The van der Waals surface area contributed by atoms with Crippen molar-refractivity contribution in [2.45, 2.75) is 19.8 Å². The Morgan fingerprint density at radius 1 is 1.24 bits per heavy atom. The van der Waals surface area contributed by atoms with Crippen molar-refractivity contribution in [3.05, 3.63) is 51.3 Å². The van der Waals surface area contributed by atoms with Crippen molar-refractivity contribution < 1.29 is 14.8 Å². The van der Waals surface area contributed by atoms with E-state index in [0.717, 1.165) is 12.8 Å². The molecule has 0 bridgehead atoms. The fraction of sp³-hybridized carbons (Fsp3) is 0.412. The lowest BCUT2D eigenvalue weighted by Gasteiger charge is -2.22. The number of nitro groups is 1. The molecule has 1 aromatic heterocycles. The first kappa shape index (κ1) is 17.1. The molecule has 0 fully saturated rings. The normalized spacial score (nSPS) is 13.9. The Kier molecular flexibility index (Phi) is 5.08. The van der Waals surface area contributed by atoms with Gasteiger partial charge in [0.2, 0.25) is 5.82 Å². The summed E-state index contributed by atoms with van der Waals surface area (Å²) in [6.07, 6.45) is 1.59. The largest absolute Gasteiger partial charge is 0.470 e. The number of fused-ring (bicyclic) bond motifs is 1. The van der Waals surface area contributed by atoms with Gasteiger partial charge in [-0.1, -0.05) is 24.3 Å². The highest BCUT2D eigenvalue weighted by atomic mass is 16.6. The minimum atomic E-state index is -0.514. The van der Waals surface area contributed by atoms with Crippen molar-refractivity contribution in [2.24, 2.45) is 0 Å². The maximum Gasteiger partial charge on any atom is 0.372 e. The summed E-state index contributed by atoms with van der Waals surface area (Å²) >= 11 is 0. The molecule has 1 aliphatic rings. The standard InChI is InChI=1S/C17H20N4O4/c1-12-18-16(15(21(23)24)17(19-12)25-11-10-22)20-8-6-13-4-2-3-5-14(13)7-9-20/h2-5,22H,6-11H2,1H3. The zero-order valence-corrected chi connectivity index (χ0v) is 14.0. The molecule has 1 N–H and O–H groups in total. The Morgan fingerprint density at radius 2 is 1.88 bits per heavy atom. The molecule has 0 spiro atoms. The van der Waals surface area contributed by atoms with Gasteiger partial charge in [-0.25, -0.2) is 4.98 Å². The van der Waals surface area contributed by atoms with Crippen LogP contribution in [0.2, 0.25) is 0 Å². The van der Waals surface area contributed by atoms with Crippen LogP contribution in [-0.2, 0) is 12.8 Å². The lowest BCUT2D eigenvalue weighted by Crippen LogP contribution is -2.28. The van der Waals surface area contributed by atoms with Crippen LogP contribution >= 0.6 is 0 Å². The van der Waals surface area contributed by atoms with Crippen LogP contribution in [0.25, 0.3) is 0 Å². The van der Waals surface area contributed by atoms with Crippen molar-refractivity contribution in [3.63, 3.8) is 0 Å². The molecule has 8 heteroatoms. The molecule has 2 aromatic rings. The number of aliphatic hydroxyl groups excluding tert-OH is 1. The Hall–Kier alpha value is -2.74. The lowest BCUT2D eigenvalue weighted by molar-refractivity contribution is -0.385. The number of hydrogen-bond donors (Lipinski definition) is 1. The molecular weight excluding hydrogens is 324 g/mol. The molecule has 0 atom stereocenters. The van der Waals surface area contributed by atoms with Gasteiger partial charge in [0, 0.05) is 13.1 Å². The average Bonchev–Trinajstić information content (AvgIpc) is 2.81. The highest BCUT2D eigenvalue weighted by Gasteiger charge is 2.30. The van der Waals surface area contributed by atoms with Crippen LogP contribution in [0.3, 0.4) is 0 Å². The Balaban J connectivity index is 1.96. The quantitative estimate of drug-likeness (QED) is 0.650. The van der Waals surface area contributed by atoms with Gasteiger partial charge in [0.05, 0.1) is 11.5 Å². The molecule has 0 unspecified atom stereocenters. The van der Waals surface area contributed by atoms with E-state index in [2.05, 4.69) is 22.1 Å². The minimum absolute atomic E-state index is 0.0534. The van der Waals surface area contributed by atoms with E-state index in [1.54, 1.807) is 6.92 Å². The minimum Gasteiger partial charge on any atom is -0.470 e. The first-order valence-corrected chi connectivity index (χ1v) is 8.18. The highest BCUT2D eigenvalue weighted by molar-refractivity contribution is 5.63. The Labute approximate surface area is 145 Å². The number of aryl methyl sites for hydroxylation is 1. The number of hydrogen-bond acceptors (Lipinski definition) is 7. The monoisotopic (exact) mass is 344 g/mol. The van der Waals surface area contributed by atoms with Gasteiger partial charge in [0.25, 0.3) is 5.88 Å². The van der Waals surface area contributed by atoms with Crippen molar-refractivity contribution in [1.82, 2.24) is 9.97 Å². The van der Waals surface area contributed by atoms with E-state index in [4.69, 9.17) is 9.84 Å². The maximum absolute atomic E-state index is 11.6. The average molecular weight is 344 g/mol. The molecule has 132 valence electrons. The number of aromatic nitrogens is 2. The number of nitrogens with zero attached hydrogens (tertiary/aromatic N) is 4. The third kappa shape index (κ3) is 3.69. The van der Waals surface area contributed by atoms with Crippen LogP contribution in [0.1, 0.15) is 17.0 Å². The van der Waals surface area contributed by atoms with E-state index >= 15 is 0 Å². The van der Waals surface area contributed by atoms with Crippen molar-refractivity contribution in [3.8, 4) is 5.88 Å². The first-order valence-electron chi connectivity index (χ1n) is 8.18.